The van der Waals surface area contributed by atoms with Gasteiger partial charge in [-0.05, 0) is 13.8 Å². The van der Waals surface area contributed by atoms with Crippen LogP contribution in [0.15, 0.2) is 0 Å². The number of hydrogen-bond donors (Lipinski definition) is 1. The fraction of sp³-hybridized carbons (Fsp3) is 0.417. The van der Waals surface area contributed by atoms with Crippen LogP contribution >= 0.6 is 11.6 Å². The standard InChI is InChI=1S/C12H16ClN5O2/c1-6-8(11(13)18(4)15-6)5-20-12(19)10-9(14)7(2)16-17(10)3/h5,14H2,1-4H3. The van der Waals surface area contributed by atoms with Crippen molar-refractivity contribution in [2.75, 3.05) is 5.73 Å². The predicted octanol–water partition coefficient (Wildman–Crippen LogP) is 1.36. The van der Waals surface area contributed by atoms with Crippen LogP contribution in [-0.2, 0) is 25.4 Å². The molecule has 0 aliphatic rings. The Hall–Kier alpha value is -2.02. The van der Waals surface area contributed by atoms with Gasteiger partial charge in [0.15, 0.2) is 5.69 Å². The van der Waals surface area contributed by atoms with E-state index in [4.69, 9.17) is 22.1 Å². The summed E-state index contributed by atoms with van der Waals surface area (Å²) >= 11 is 6.08. The van der Waals surface area contributed by atoms with E-state index in [9.17, 15) is 4.79 Å². The Balaban J connectivity index is 2.17. The van der Waals surface area contributed by atoms with Crippen molar-refractivity contribution in [3.8, 4) is 0 Å². The molecular formula is C12H16ClN5O2. The lowest BCUT2D eigenvalue weighted by atomic mass is 10.3. The third-order valence-electron chi connectivity index (χ3n) is 3.08. The Labute approximate surface area is 121 Å². The van der Waals surface area contributed by atoms with Crippen molar-refractivity contribution in [3.05, 3.63) is 27.8 Å². The molecule has 108 valence electrons. The maximum atomic E-state index is 12.1. The quantitative estimate of drug-likeness (QED) is 0.864. The average molecular weight is 298 g/mol. The molecule has 0 aliphatic carbocycles. The summed E-state index contributed by atoms with van der Waals surface area (Å²) in [7, 11) is 3.37. The number of esters is 1. The van der Waals surface area contributed by atoms with Crippen LogP contribution in [0.1, 0.15) is 27.4 Å². The normalized spacial score (nSPS) is 10.8. The first-order valence-corrected chi connectivity index (χ1v) is 6.34. The molecule has 0 aliphatic heterocycles. The highest BCUT2D eigenvalue weighted by Gasteiger charge is 2.21. The topological polar surface area (TPSA) is 88.0 Å². The van der Waals surface area contributed by atoms with Gasteiger partial charge >= 0.3 is 5.97 Å². The Morgan fingerprint density at radius 1 is 1.25 bits per heavy atom. The van der Waals surface area contributed by atoms with Gasteiger partial charge in [-0.25, -0.2) is 4.79 Å². The van der Waals surface area contributed by atoms with Crippen molar-refractivity contribution in [1.29, 1.82) is 0 Å². The van der Waals surface area contributed by atoms with E-state index >= 15 is 0 Å². The SMILES string of the molecule is Cc1nn(C)c(C(=O)OCc2c(C)nn(C)c2Cl)c1N. The maximum absolute atomic E-state index is 12.1. The third kappa shape index (κ3) is 2.36. The first-order valence-electron chi connectivity index (χ1n) is 5.97. The minimum absolute atomic E-state index is 0.0427. The van der Waals surface area contributed by atoms with Crippen LogP contribution in [0.25, 0.3) is 0 Å². The van der Waals surface area contributed by atoms with E-state index in [-0.39, 0.29) is 12.3 Å². The van der Waals surface area contributed by atoms with Gasteiger partial charge in [-0.2, -0.15) is 10.2 Å². The number of nitrogens with two attached hydrogens (primary N) is 1. The summed E-state index contributed by atoms with van der Waals surface area (Å²) < 4.78 is 8.18. The molecule has 2 aromatic heterocycles. The average Bonchev–Trinajstić information content (AvgIpc) is 2.75. The molecule has 0 aromatic carbocycles. The minimum Gasteiger partial charge on any atom is -0.456 e. The van der Waals surface area contributed by atoms with Gasteiger partial charge in [-0.15, -0.1) is 0 Å². The largest absolute Gasteiger partial charge is 0.456 e. The number of anilines is 1. The van der Waals surface area contributed by atoms with Gasteiger partial charge in [-0.3, -0.25) is 9.36 Å². The first kappa shape index (κ1) is 14.4. The second-order valence-electron chi connectivity index (χ2n) is 4.53. The Morgan fingerprint density at radius 2 is 1.85 bits per heavy atom. The van der Waals surface area contributed by atoms with Crippen LogP contribution in [0.2, 0.25) is 5.15 Å². The van der Waals surface area contributed by atoms with Gasteiger partial charge in [0.05, 0.1) is 17.1 Å². The highest BCUT2D eigenvalue weighted by atomic mass is 35.5. The summed E-state index contributed by atoms with van der Waals surface area (Å²) in [4.78, 5) is 12.1. The third-order valence-corrected chi connectivity index (χ3v) is 3.55. The molecule has 20 heavy (non-hydrogen) atoms. The zero-order valence-electron chi connectivity index (χ0n) is 11.8. The van der Waals surface area contributed by atoms with E-state index in [0.29, 0.717) is 22.1 Å². The van der Waals surface area contributed by atoms with Crippen molar-refractivity contribution < 1.29 is 9.53 Å². The second kappa shape index (κ2) is 5.16. The van der Waals surface area contributed by atoms with Gasteiger partial charge < -0.3 is 10.5 Å². The molecule has 2 heterocycles. The van der Waals surface area contributed by atoms with Crippen LogP contribution in [-0.4, -0.2) is 25.5 Å². The molecule has 2 rings (SSSR count). The predicted molar refractivity (Wildman–Crippen MR) is 74.4 cm³/mol. The highest BCUT2D eigenvalue weighted by molar-refractivity contribution is 6.30. The molecule has 0 amide bonds. The van der Waals surface area contributed by atoms with E-state index in [1.54, 1.807) is 27.9 Å². The molecule has 7 nitrogen and oxygen atoms in total. The molecule has 0 radical (unpaired) electrons. The van der Waals surface area contributed by atoms with Crippen LogP contribution < -0.4 is 5.73 Å². The summed E-state index contributed by atoms with van der Waals surface area (Å²) in [6, 6.07) is 0. The van der Waals surface area contributed by atoms with Gasteiger partial charge in [-0.1, -0.05) is 11.6 Å². The van der Waals surface area contributed by atoms with E-state index in [2.05, 4.69) is 10.2 Å². The Morgan fingerprint density at radius 3 is 2.30 bits per heavy atom. The van der Waals surface area contributed by atoms with Crippen molar-refractivity contribution >= 4 is 23.3 Å². The molecule has 0 saturated heterocycles. The molecule has 8 heteroatoms. The van der Waals surface area contributed by atoms with Gasteiger partial charge in [0.2, 0.25) is 0 Å². The van der Waals surface area contributed by atoms with Crippen LogP contribution in [0, 0.1) is 13.8 Å². The number of aromatic nitrogens is 4. The fourth-order valence-electron chi connectivity index (χ4n) is 1.96. The van der Waals surface area contributed by atoms with Crippen molar-refractivity contribution in [2.24, 2.45) is 14.1 Å². The molecule has 0 spiro atoms. The molecule has 0 unspecified atom stereocenters. The fourth-order valence-corrected chi connectivity index (χ4v) is 2.19. The smallest absolute Gasteiger partial charge is 0.359 e. The van der Waals surface area contributed by atoms with E-state index in [1.165, 1.54) is 9.36 Å². The molecular weight excluding hydrogens is 282 g/mol. The summed E-state index contributed by atoms with van der Waals surface area (Å²) in [5, 5.41) is 8.67. The number of halogens is 1. The van der Waals surface area contributed by atoms with E-state index < -0.39 is 5.97 Å². The Kier molecular flexibility index (Phi) is 3.71. The minimum atomic E-state index is -0.537. The van der Waals surface area contributed by atoms with Crippen LogP contribution in [0.5, 0.6) is 0 Å². The van der Waals surface area contributed by atoms with E-state index in [0.717, 1.165) is 5.69 Å². The monoisotopic (exact) mass is 297 g/mol. The lowest BCUT2D eigenvalue weighted by Crippen LogP contribution is -2.13. The zero-order chi connectivity index (χ0) is 15.0. The van der Waals surface area contributed by atoms with Crippen molar-refractivity contribution in [1.82, 2.24) is 19.6 Å². The van der Waals surface area contributed by atoms with Gasteiger partial charge in [0, 0.05) is 19.7 Å². The van der Waals surface area contributed by atoms with Gasteiger partial charge in [0.1, 0.15) is 11.8 Å². The lowest BCUT2D eigenvalue weighted by Gasteiger charge is -2.05. The number of rotatable bonds is 3. The van der Waals surface area contributed by atoms with E-state index in [1.807, 2.05) is 0 Å². The first-order chi connectivity index (χ1) is 9.32. The summed E-state index contributed by atoms with van der Waals surface area (Å²) in [5.74, 6) is -0.537. The van der Waals surface area contributed by atoms with Crippen molar-refractivity contribution in [2.45, 2.75) is 20.5 Å². The number of ether oxygens (including phenoxy) is 1. The van der Waals surface area contributed by atoms with Crippen LogP contribution in [0.4, 0.5) is 5.69 Å². The zero-order valence-corrected chi connectivity index (χ0v) is 12.5. The number of hydrogen-bond acceptors (Lipinski definition) is 5. The molecule has 0 fully saturated rings. The van der Waals surface area contributed by atoms with Crippen molar-refractivity contribution in [3.63, 3.8) is 0 Å². The summed E-state index contributed by atoms with van der Waals surface area (Å²) in [6.07, 6.45) is 0. The molecule has 0 atom stereocenters. The lowest BCUT2D eigenvalue weighted by molar-refractivity contribution is 0.0460. The molecule has 2 N–H and O–H groups in total. The molecule has 0 bridgehead atoms. The molecule has 0 saturated carbocycles. The van der Waals surface area contributed by atoms with Crippen LogP contribution in [0.3, 0.4) is 0 Å². The maximum Gasteiger partial charge on any atom is 0.359 e. The molecule has 2 aromatic rings. The second-order valence-corrected chi connectivity index (χ2v) is 4.88. The number of nitrogens with zero attached hydrogens (tertiary/aromatic N) is 4. The summed E-state index contributed by atoms with van der Waals surface area (Å²) in [5.41, 5.74) is 8.37. The number of nitrogen functional groups attached to an aromatic ring is 1. The summed E-state index contributed by atoms with van der Waals surface area (Å²) in [6.45, 7) is 3.58. The Bertz CT molecular complexity index is 674. The number of carbonyl (C=O) groups is 1. The number of carbonyl (C=O) groups excluding carboxylic acids is 1. The van der Waals surface area contributed by atoms with Gasteiger partial charge in [0.25, 0.3) is 0 Å². The highest BCUT2D eigenvalue weighted by Crippen LogP contribution is 2.21. The number of aryl methyl sites for hydroxylation is 4.